The molecule has 1 heterocycles. The summed E-state index contributed by atoms with van der Waals surface area (Å²) >= 11 is 0. The number of halogens is 1. The largest absolute Gasteiger partial charge is 0.497 e. The van der Waals surface area contributed by atoms with Gasteiger partial charge in [0.1, 0.15) is 12.3 Å². The lowest BCUT2D eigenvalue weighted by atomic mass is 9.83. The third-order valence-electron chi connectivity index (χ3n) is 4.06. The summed E-state index contributed by atoms with van der Waals surface area (Å²) in [5, 5.41) is 31.8. The topological polar surface area (TPSA) is 148 Å². The van der Waals surface area contributed by atoms with Gasteiger partial charge in [0.2, 0.25) is 5.91 Å². The van der Waals surface area contributed by atoms with E-state index in [4.69, 9.17) is 20.5 Å². The Bertz CT molecular complexity index is 715. The maximum absolute atomic E-state index is 12.2. The summed E-state index contributed by atoms with van der Waals surface area (Å²) in [5.41, 5.74) is 7.04. The van der Waals surface area contributed by atoms with Crippen molar-refractivity contribution in [2.75, 3.05) is 7.11 Å². The van der Waals surface area contributed by atoms with E-state index in [-0.39, 0.29) is 24.9 Å². The molecule has 154 valence electrons. The second-order valence-electron chi connectivity index (χ2n) is 6.19. The van der Waals surface area contributed by atoms with Crippen LogP contribution in [-0.2, 0) is 17.9 Å². The van der Waals surface area contributed by atoms with E-state index < -0.39 is 13.2 Å². The first-order valence-electron chi connectivity index (χ1n) is 8.77. The minimum absolute atomic E-state index is 0. The van der Waals surface area contributed by atoms with Crippen molar-refractivity contribution in [2.45, 2.75) is 44.7 Å². The summed E-state index contributed by atoms with van der Waals surface area (Å²) in [6.45, 7) is 0.359. The fourth-order valence-corrected chi connectivity index (χ4v) is 2.55. The molecule has 1 aromatic carbocycles. The maximum atomic E-state index is 12.2. The highest BCUT2D eigenvalue weighted by molar-refractivity contribution is 6.40. The minimum atomic E-state index is -1.30. The van der Waals surface area contributed by atoms with E-state index in [0.29, 0.717) is 38.0 Å². The Balaban J connectivity index is 0.00000392. The number of nitrogens with zero attached hydrogens (tertiary/aromatic N) is 4. The molecule has 0 spiro atoms. The summed E-state index contributed by atoms with van der Waals surface area (Å²) in [7, 11) is 0.294. The number of aromatic nitrogens is 4. The molecule has 10 nitrogen and oxygen atoms in total. The van der Waals surface area contributed by atoms with Crippen LogP contribution in [0.15, 0.2) is 24.3 Å². The summed E-state index contributed by atoms with van der Waals surface area (Å²) in [6.07, 6.45) is 2.22. The van der Waals surface area contributed by atoms with Crippen LogP contribution in [0.25, 0.3) is 0 Å². The van der Waals surface area contributed by atoms with Crippen molar-refractivity contribution in [3.63, 3.8) is 0 Å². The fourth-order valence-electron chi connectivity index (χ4n) is 2.55. The van der Waals surface area contributed by atoms with Crippen LogP contribution < -0.4 is 15.8 Å². The van der Waals surface area contributed by atoms with Gasteiger partial charge in [0.05, 0.1) is 13.2 Å². The average molecular weight is 413 g/mol. The molecular weight excluding hydrogens is 386 g/mol. The molecule has 1 aromatic heterocycles. The highest BCUT2D eigenvalue weighted by Gasteiger charge is 2.17. The molecule has 0 saturated heterocycles. The molecule has 28 heavy (non-hydrogen) atoms. The van der Waals surface area contributed by atoms with Crippen molar-refractivity contribution >= 4 is 25.4 Å². The number of benzene rings is 1. The third-order valence-corrected chi connectivity index (χ3v) is 4.06. The molecule has 0 bridgehead atoms. The number of nitrogens with one attached hydrogen (secondary N) is 1. The Morgan fingerprint density at radius 2 is 2.04 bits per heavy atom. The molecule has 0 aliphatic rings. The lowest BCUT2D eigenvalue weighted by molar-refractivity contribution is -0.122. The number of nitrogens with two attached hydrogens (primary N) is 1. The molecule has 0 saturated carbocycles. The number of rotatable bonds is 11. The van der Waals surface area contributed by atoms with E-state index >= 15 is 0 Å². The van der Waals surface area contributed by atoms with Gasteiger partial charge in [-0.05, 0) is 40.9 Å². The summed E-state index contributed by atoms with van der Waals surface area (Å²) < 4.78 is 6.48. The lowest BCUT2D eigenvalue weighted by Crippen LogP contribution is -2.29. The first kappa shape index (κ1) is 23.8. The van der Waals surface area contributed by atoms with Crippen LogP contribution in [0.3, 0.4) is 0 Å². The number of carbonyl (C=O) groups is 1. The van der Waals surface area contributed by atoms with Crippen molar-refractivity contribution in [2.24, 2.45) is 5.73 Å². The number of tetrazole rings is 1. The molecule has 2 aromatic rings. The predicted molar refractivity (Wildman–Crippen MR) is 106 cm³/mol. The van der Waals surface area contributed by atoms with Crippen molar-refractivity contribution in [3.05, 3.63) is 35.7 Å². The first-order chi connectivity index (χ1) is 13.0. The molecule has 5 N–H and O–H groups in total. The van der Waals surface area contributed by atoms with Crippen LogP contribution in [0.1, 0.15) is 36.7 Å². The summed E-state index contributed by atoms with van der Waals surface area (Å²) in [4.78, 5) is 12.2. The zero-order valence-electron chi connectivity index (χ0n) is 15.7. The molecule has 1 unspecified atom stereocenters. The van der Waals surface area contributed by atoms with Crippen LogP contribution in [0.5, 0.6) is 5.75 Å². The highest BCUT2D eigenvalue weighted by Crippen LogP contribution is 2.15. The Labute approximate surface area is 170 Å². The molecule has 0 fully saturated rings. The van der Waals surface area contributed by atoms with Crippen LogP contribution in [-0.4, -0.2) is 50.4 Å². The van der Waals surface area contributed by atoms with E-state index in [1.807, 2.05) is 24.3 Å². The zero-order chi connectivity index (χ0) is 19.6. The maximum Gasteiger partial charge on any atom is 0.451 e. The molecular formula is C16H26BClN6O4. The van der Waals surface area contributed by atoms with Gasteiger partial charge in [-0.1, -0.05) is 25.0 Å². The van der Waals surface area contributed by atoms with E-state index in [2.05, 4.69) is 20.8 Å². The summed E-state index contributed by atoms with van der Waals surface area (Å²) in [6, 6.07) is 6.98. The Hall–Kier alpha value is -2.21. The molecule has 2 rings (SSSR count). The first-order valence-corrected chi connectivity index (χ1v) is 8.77. The number of hydrogen-bond acceptors (Lipinski definition) is 8. The van der Waals surface area contributed by atoms with Crippen LogP contribution in [0, 0.1) is 0 Å². The van der Waals surface area contributed by atoms with Crippen molar-refractivity contribution in [1.29, 1.82) is 0 Å². The number of carbonyl (C=O) groups excluding carboxylic acids is 1. The van der Waals surface area contributed by atoms with Gasteiger partial charge in [-0.3, -0.25) is 4.79 Å². The quantitative estimate of drug-likeness (QED) is 0.299. The number of hydrogen-bond donors (Lipinski definition) is 4. The number of ether oxygens (including phenoxy) is 1. The second kappa shape index (κ2) is 12.3. The Morgan fingerprint density at radius 1 is 1.32 bits per heavy atom. The van der Waals surface area contributed by atoms with Gasteiger partial charge < -0.3 is 25.8 Å². The fraction of sp³-hybridized carbons (Fsp3) is 0.500. The van der Waals surface area contributed by atoms with E-state index in [0.717, 1.165) is 11.3 Å². The lowest BCUT2D eigenvalue weighted by Gasteiger charge is -2.12. The number of unbranched alkanes of at least 4 members (excludes halogenated alkanes) is 1. The van der Waals surface area contributed by atoms with Crippen LogP contribution >= 0.6 is 12.4 Å². The molecule has 1 amide bonds. The zero-order valence-corrected chi connectivity index (χ0v) is 16.5. The van der Waals surface area contributed by atoms with E-state index in [1.54, 1.807) is 7.11 Å². The Kier molecular flexibility index (Phi) is 10.5. The number of methoxy groups -OCH3 is 1. The van der Waals surface area contributed by atoms with Gasteiger partial charge in [0, 0.05) is 6.54 Å². The van der Waals surface area contributed by atoms with Gasteiger partial charge >= 0.3 is 7.12 Å². The van der Waals surface area contributed by atoms with Gasteiger partial charge in [-0.2, -0.15) is 0 Å². The van der Waals surface area contributed by atoms with Gasteiger partial charge in [-0.15, -0.1) is 17.5 Å². The standard InChI is InChI=1S/C16H25BN6O4.ClH/c1-27-13-7-5-12(6-8-13)10-19-15(24)11-23-16(20-21-22-23)14(18)4-2-3-9-17(25)26;/h5-8,14,25-26H,2-4,9-11,18H2,1H3,(H,19,24);1H. The van der Waals surface area contributed by atoms with E-state index in [9.17, 15) is 4.79 Å². The monoisotopic (exact) mass is 412 g/mol. The molecule has 0 radical (unpaired) electrons. The van der Waals surface area contributed by atoms with Gasteiger partial charge in [0.25, 0.3) is 0 Å². The predicted octanol–water partition coefficient (Wildman–Crippen LogP) is 0.0628. The minimum Gasteiger partial charge on any atom is -0.497 e. The van der Waals surface area contributed by atoms with Crippen molar-refractivity contribution in [1.82, 2.24) is 25.5 Å². The molecule has 1 atom stereocenters. The molecule has 12 heteroatoms. The smallest absolute Gasteiger partial charge is 0.451 e. The van der Waals surface area contributed by atoms with Crippen LogP contribution in [0.2, 0.25) is 6.32 Å². The SMILES string of the molecule is COc1ccc(CNC(=O)Cn2nnnc2C(N)CCCCB(O)O)cc1.Cl. The van der Waals surface area contributed by atoms with Gasteiger partial charge in [0.15, 0.2) is 5.82 Å². The normalized spacial score (nSPS) is 11.4. The van der Waals surface area contributed by atoms with Crippen molar-refractivity contribution in [3.8, 4) is 5.75 Å². The highest BCUT2D eigenvalue weighted by atomic mass is 35.5. The summed E-state index contributed by atoms with van der Waals surface area (Å²) in [5.74, 6) is 0.958. The van der Waals surface area contributed by atoms with E-state index in [1.165, 1.54) is 4.68 Å². The van der Waals surface area contributed by atoms with Crippen molar-refractivity contribution < 1.29 is 19.6 Å². The third kappa shape index (κ3) is 7.81. The average Bonchev–Trinajstić information content (AvgIpc) is 3.11. The van der Waals surface area contributed by atoms with Gasteiger partial charge in [-0.25, -0.2) is 4.68 Å². The molecule has 0 aliphatic heterocycles. The Morgan fingerprint density at radius 3 is 2.68 bits per heavy atom. The second-order valence-corrected chi connectivity index (χ2v) is 6.19. The number of amides is 1. The van der Waals surface area contributed by atoms with Crippen LogP contribution in [0.4, 0.5) is 0 Å². The molecule has 0 aliphatic carbocycles.